The molecule has 3 aromatic carbocycles. The number of nitrogens with zero attached hydrogens (tertiary/aromatic N) is 2. The molecule has 1 aromatic heterocycles. The maximum Gasteiger partial charge on any atom is 0.319 e. The molecule has 4 aromatic rings. The van der Waals surface area contributed by atoms with Crippen molar-refractivity contribution in [3.05, 3.63) is 72.3 Å². The summed E-state index contributed by atoms with van der Waals surface area (Å²) < 4.78 is 12.6. The van der Waals surface area contributed by atoms with Gasteiger partial charge in [0.15, 0.2) is 0 Å². The van der Waals surface area contributed by atoms with Gasteiger partial charge in [-0.3, -0.25) is 0 Å². The molecule has 0 saturated carbocycles. The number of benzene rings is 3. The van der Waals surface area contributed by atoms with E-state index in [4.69, 9.17) is 14.5 Å². The Kier molecular flexibility index (Phi) is 6.26. The maximum atomic E-state index is 12.5. The van der Waals surface area contributed by atoms with Crippen LogP contribution in [-0.2, 0) is 6.54 Å². The first kappa shape index (κ1) is 21.2. The molecule has 7 heteroatoms. The SMILES string of the molecule is COc1cc(NC(=O)NCCn2c(-c3ccc(C)cc3)nc3ccccc32)cc(OC)c1. The Morgan fingerprint density at radius 1 is 0.969 bits per heavy atom. The van der Waals surface area contributed by atoms with Crippen LogP contribution in [0.4, 0.5) is 10.5 Å². The van der Waals surface area contributed by atoms with Crippen molar-refractivity contribution in [2.45, 2.75) is 13.5 Å². The van der Waals surface area contributed by atoms with Gasteiger partial charge in [-0.2, -0.15) is 0 Å². The highest BCUT2D eigenvalue weighted by Gasteiger charge is 2.13. The van der Waals surface area contributed by atoms with Crippen LogP contribution in [-0.4, -0.2) is 36.3 Å². The number of para-hydroxylation sites is 2. The summed E-state index contributed by atoms with van der Waals surface area (Å²) in [5, 5.41) is 5.74. The minimum absolute atomic E-state index is 0.304. The number of imidazole rings is 1. The molecule has 0 saturated heterocycles. The van der Waals surface area contributed by atoms with Gasteiger partial charge in [0.05, 0.1) is 25.3 Å². The number of aromatic nitrogens is 2. The van der Waals surface area contributed by atoms with Gasteiger partial charge in [0.25, 0.3) is 0 Å². The van der Waals surface area contributed by atoms with E-state index in [9.17, 15) is 4.79 Å². The summed E-state index contributed by atoms with van der Waals surface area (Å²) in [5.74, 6) is 2.09. The van der Waals surface area contributed by atoms with E-state index in [0.717, 1.165) is 22.4 Å². The number of urea groups is 1. The summed E-state index contributed by atoms with van der Waals surface area (Å²) in [5.41, 5.74) is 4.79. The van der Waals surface area contributed by atoms with Crippen LogP contribution in [0.2, 0.25) is 0 Å². The van der Waals surface area contributed by atoms with E-state index in [2.05, 4.69) is 46.4 Å². The Hall–Kier alpha value is -4.00. The molecule has 0 atom stereocenters. The second kappa shape index (κ2) is 9.43. The van der Waals surface area contributed by atoms with Crippen LogP contribution >= 0.6 is 0 Å². The van der Waals surface area contributed by atoms with Gasteiger partial charge in [-0.1, -0.05) is 42.0 Å². The number of methoxy groups -OCH3 is 2. The third kappa shape index (κ3) is 4.67. The number of nitrogens with one attached hydrogen (secondary N) is 2. The highest BCUT2D eigenvalue weighted by Crippen LogP contribution is 2.26. The Morgan fingerprint density at radius 3 is 2.34 bits per heavy atom. The highest BCUT2D eigenvalue weighted by atomic mass is 16.5. The topological polar surface area (TPSA) is 77.4 Å². The Bertz CT molecular complexity index is 1210. The van der Waals surface area contributed by atoms with Crippen molar-refractivity contribution in [1.82, 2.24) is 14.9 Å². The van der Waals surface area contributed by atoms with E-state index >= 15 is 0 Å². The summed E-state index contributed by atoms with van der Waals surface area (Å²) >= 11 is 0. The molecule has 0 aliphatic rings. The normalized spacial score (nSPS) is 10.7. The molecule has 2 N–H and O–H groups in total. The average molecular weight is 431 g/mol. The monoisotopic (exact) mass is 430 g/mol. The third-order valence-corrected chi connectivity index (χ3v) is 5.19. The smallest absolute Gasteiger partial charge is 0.319 e. The number of hydrogen-bond acceptors (Lipinski definition) is 4. The maximum absolute atomic E-state index is 12.5. The number of fused-ring (bicyclic) bond motifs is 1. The number of carbonyl (C=O) groups excluding carboxylic acids is 1. The van der Waals surface area contributed by atoms with E-state index in [1.807, 2.05) is 24.3 Å². The fourth-order valence-electron chi connectivity index (χ4n) is 3.56. The largest absolute Gasteiger partial charge is 0.497 e. The zero-order valence-corrected chi connectivity index (χ0v) is 18.4. The summed E-state index contributed by atoms with van der Waals surface area (Å²) in [7, 11) is 3.14. The summed E-state index contributed by atoms with van der Waals surface area (Å²) in [6.07, 6.45) is 0. The van der Waals surface area contributed by atoms with Gasteiger partial charge in [0.1, 0.15) is 17.3 Å². The van der Waals surface area contributed by atoms with E-state index in [-0.39, 0.29) is 6.03 Å². The number of amides is 2. The molecule has 164 valence electrons. The fraction of sp³-hybridized carbons (Fsp3) is 0.200. The summed E-state index contributed by atoms with van der Waals surface area (Å²) in [6.45, 7) is 3.08. The molecule has 1 heterocycles. The predicted octanol–water partition coefficient (Wildman–Crippen LogP) is 4.85. The number of carbonyl (C=O) groups is 1. The van der Waals surface area contributed by atoms with Crippen molar-refractivity contribution in [1.29, 1.82) is 0 Å². The van der Waals surface area contributed by atoms with Gasteiger partial charge < -0.3 is 24.7 Å². The standard InChI is InChI=1S/C25H26N4O3/c1-17-8-10-18(11-9-17)24-28-22-6-4-5-7-23(22)29(24)13-12-26-25(30)27-19-14-20(31-2)16-21(15-19)32-3/h4-11,14-16H,12-13H2,1-3H3,(H2,26,27,30). The van der Waals surface area contributed by atoms with Crippen LogP contribution in [0.15, 0.2) is 66.7 Å². The molecule has 0 spiro atoms. The zero-order chi connectivity index (χ0) is 22.5. The second-order valence-electron chi connectivity index (χ2n) is 7.42. The van der Waals surface area contributed by atoms with Gasteiger partial charge in [-0.25, -0.2) is 9.78 Å². The number of hydrogen-bond donors (Lipinski definition) is 2. The van der Waals surface area contributed by atoms with Crippen LogP contribution in [0.5, 0.6) is 11.5 Å². The first-order chi connectivity index (χ1) is 15.6. The molecular formula is C25H26N4O3. The molecule has 0 aliphatic carbocycles. The van der Waals surface area contributed by atoms with Gasteiger partial charge in [-0.15, -0.1) is 0 Å². The number of anilines is 1. The molecule has 7 nitrogen and oxygen atoms in total. The zero-order valence-electron chi connectivity index (χ0n) is 18.4. The Labute approximate surface area is 187 Å². The molecule has 0 aliphatic heterocycles. The summed E-state index contributed by atoms with van der Waals surface area (Å²) in [4.78, 5) is 17.3. The van der Waals surface area contributed by atoms with Crippen molar-refractivity contribution < 1.29 is 14.3 Å². The predicted molar refractivity (Wildman–Crippen MR) is 126 cm³/mol. The van der Waals surface area contributed by atoms with Crippen LogP contribution in [0.1, 0.15) is 5.56 Å². The van der Waals surface area contributed by atoms with Crippen molar-refractivity contribution in [2.24, 2.45) is 0 Å². The first-order valence-electron chi connectivity index (χ1n) is 10.4. The van der Waals surface area contributed by atoms with Crippen molar-refractivity contribution >= 4 is 22.8 Å². The average Bonchev–Trinajstić information content (AvgIpc) is 3.18. The minimum Gasteiger partial charge on any atom is -0.497 e. The molecule has 4 rings (SSSR count). The van der Waals surface area contributed by atoms with Crippen LogP contribution in [0.25, 0.3) is 22.4 Å². The van der Waals surface area contributed by atoms with Crippen molar-refractivity contribution in [3.63, 3.8) is 0 Å². The first-order valence-corrected chi connectivity index (χ1v) is 10.4. The third-order valence-electron chi connectivity index (χ3n) is 5.19. The van der Waals surface area contributed by atoms with Crippen molar-refractivity contribution in [2.75, 3.05) is 26.1 Å². The lowest BCUT2D eigenvalue weighted by molar-refractivity contribution is 0.251. The molecule has 0 bridgehead atoms. The molecular weight excluding hydrogens is 404 g/mol. The second-order valence-corrected chi connectivity index (χ2v) is 7.42. The van der Waals surface area contributed by atoms with E-state index in [1.54, 1.807) is 32.4 Å². The van der Waals surface area contributed by atoms with Gasteiger partial charge >= 0.3 is 6.03 Å². The quantitative estimate of drug-likeness (QED) is 0.439. The van der Waals surface area contributed by atoms with E-state index < -0.39 is 0 Å². The van der Waals surface area contributed by atoms with Gasteiger partial charge in [0.2, 0.25) is 0 Å². The van der Waals surface area contributed by atoms with Crippen LogP contribution in [0.3, 0.4) is 0 Å². The number of aryl methyl sites for hydroxylation is 1. The minimum atomic E-state index is -0.304. The molecule has 0 fully saturated rings. The van der Waals surface area contributed by atoms with E-state index in [1.165, 1.54) is 5.56 Å². The lowest BCUT2D eigenvalue weighted by Gasteiger charge is -2.13. The van der Waals surface area contributed by atoms with Crippen LogP contribution < -0.4 is 20.1 Å². The molecule has 0 radical (unpaired) electrons. The van der Waals surface area contributed by atoms with Gasteiger partial charge in [0, 0.05) is 42.5 Å². The molecule has 32 heavy (non-hydrogen) atoms. The number of ether oxygens (including phenoxy) is 2. The van der Waals surface area contributed by atoms with Gasteiger partial charge in [-0.05, 0) is 19.1 Å². The Morgan fingerprint density at radius 2 is 1.66 bits per heavy atom. The highest BCUT2D eigenvalue weighted by molar-refractivity contribution is 5.89. The van der Waals surface area contributed by atoms with E-state index in [0.29, 0.717) is 30.3 Å². The fourth-order valence-corrected chi connectivity index (χ4v) is 3.56. The lowest BCUT2D eigenvalue weighted by atomic mass is 10.1. The number of rotatable bonds is 7. The molecule has 2 amide bonds. The molecule has 0 unspecified atom stereocenters. The van der Waals surface area contributed by atoms with Crippen LogP contribution in [0, 0.1) is 6.92 Å². The Balaban J connectivity index is 1.48. The van der Waals surface area contributed by atoms with Crippen molar-refractivity contribution in [3.8, 4) is 22.9 Å². The lowest BCUT2D eigenvalue weighted by Crippen LogP contribution is -2.31. The summed E-state index contributed by atoms with van der Waals surface area (Å²) in [6, 6.07) is 21.2.